The fourth-order valence-electron chi connectivity index (χ4n) is 2.92. The van der Waals surface area contributed by atoms with Crippen LogP contribution < -0.4 is 10.2 Å². The molecule has 6 nitrogen and oxygen atoms in total. The Labute approximate surface area is 147 Å². The Morgan fingerprint density at radius 1 is 1.24 bits per heavy atom. The number of piperazine rings is 1. The molecule has 0 saturated carbocycles. The van der Waals surface area contributed by atoms with E-state index in [9.17, 15) is 4.79 Å². The number of carbonyl (C=O) groups excluding carboxylic acids is 1. The van der Waals surface area contributed by atoms with Gasteiger partial charge in [-0.05, 0) is 36.9 Å². The van der Waals surface area contributed by atoms with Crippen molar-refractivity contribution in [2.24, 2.45) is 0 Å². The molecule has 1 aliphatic rings. The Balaban J connectivity index is 1.70. The third-order valence-corrected chi connectivity index (χ3v) is 4.41. The number of nitrogens with one attached hydrogen (secondary N) is 1. The fraction of sp³-hybridized carbons (Fsp3) is 0.316. The van der Waals surface area contributed by atoms with Gasteiger partial charge in [0.2, 0.25) is 0 Å². The van der Waals surface area contributed by atoms with Gasteiger partial charge >= 0.3 is 0 Å². The van der Waals surface area contributed by atoms with Crippen LogP contribution in [-0.2, 0) is 0 Å². The van der Waals surface area contributed by atoms with Crippen LogP contribution in [0.25, 0.3) is 0 Å². The highest BCUT2D eigenvalue weighted by atomic mass is 16.1. The first-order valence-electron chi connectivity index (χ1n) is 8.44. The van der Waals surface area contributed by atoms with Crippen LogP contribution in [0, 0.1) is 11.3 Å². The van der Waals surface area contributed by atoms with Crippen LogP contribution in [0.15, 0.2) is 42.6 Å². The van der Waals surface area contributed by atoms with Crippen molar-refractivity contribution in [1.82, 2.24) is 9.88 Å². The van der Waals surface area contributed by atoms with Crippen LogP contribution >= 0.6 is 0 Å². The summed E-state index contributed by atoms with van der Waals surface area (Å²) in [5.41, 5.74) is 2.49. The largest absolute Gasteiger partial charge is 0.369 e. The number of carbonyl (C=O) groups is 1. The maximum absolute atomic E-state index is 12.5. The molecular weight excluding hydrogens is 314 g/mol. The summed E-state index contributed by atoms with van der Waals surface area (Å²) >= 11 is 0. The van der Waals surface area contributed by atoms with Gasteiger partial charge in [0, 0.05) is 43.8 Å². The van der Waals surface area contributed by atoms with Crippen molar-refractivity contribution >= 4 is 17.3 Å². The normalized spacial score (nSPS) is 14.8. The molecule has 2 heterocycles. The summed E-state index contributed by atoms with van der Waals surface area (Å²) < 4.78 is 0. The average Bonchev–Trinajstić information content (AvgIpc) is 2.68. The zero-order chi connectivity index (χ0) is 17.6. The number of pyridine rings is 1. The lowest BCUT2D eigenvalue weighted by Crippen LogP contribution is -2.46. The Kier molecular flexibility index (Phi) is 5.26. The molecule has 0 atom stereocenters. The average molecular weight is 335 g/mol. The van der Waals surface area contributed by atoms with E-state index in [1.54, 1.807) is 30.5 Å². The van der Waals surface area contributed by atoms with E-state index < -0.39 is 0 Å². The zero-order valence-corrected chi connectivity index (χ0v) is 14.3. The van der Waals surface area contributed by atoms with E-state index in [0.717, 1.165) is 38.4 Å². The quantitative estimate of drug-likeness (QED) is 0.928. The Morgan fingerprint density at radius 2 is 2.04 bits per heavy atom. The number of nitriles is 1. The van der Waals surface area contributed by atoms with Gasteiger partial charge in [0.25, 0.3) is 5.91 Å². The number of benzene rings is 1. The molecule has 25 heavy (non-hydrogen) atoms. The third-order valence-electron chi connectivity index (χ3n) is 4.41. The molecule has 2 aromatic rings. The maximum Gasteiger partial charge on any atom is 0.274 e. The van der Waals surface area contributed by atoms with Gasteiger partial charge in [0.05, 0.1) is 11.6 Å². The molecule has 1 fully saturated rings. The number of amides is 1. The lowest BCUT2D eigenvalue weighted by Gasteiger charge is -2.35. The second-order valence-electron chi connectivity index (χ2n) is 5.97. The number of anilines is 2. The van der Waals surface area contributed by atoms with E-state index in [1.807, 2.05) is 12.1 Å². The highest BCUT2D eigenvalue weighted by Crippen LogP contribution is 2.18. The van der Waals surface area contributed by atoms with Gasteiger partial charge in [0.1, 0.15) is 5.69 Å². The number of hydrogen-bond donors (Lipinski definition) is 1. The smallest absolute Gasteiger partial charge is 0.274 e. The molecule has 0 aliphatic carbocycles. The van der Waals surface area contributed by atoms with Crippen LogP contribution in [-0.4, -0.2) is 48.5 Å². The predicted molar refractivity (Wildman–Crippen MR) is 97.7 cm³/mol. The second kappa shape index (κ2) is 7.77. The monoisotopic (exact) mass is 335 g/mol. The minimum atomic E-state index is -0.274. The number of rotatable bonds is 4. The van der Waals surface area contributed by atoms with Crippen molar-refractivity contribution in [3.05, 3.63) is 53.9 Å². The van der Waals surface area contributed by atoms with Crippen LogP contribution in [0.5, 0.6) is 0 Å². The van der Waals surface area contributed by atoms with Crippen molar-refractivity contribution < 1.29 is 4.79 Å². The molecule has 1 amide bonds. The maximum atomic E-state index is 12.5. The van der Waals surface area contributed by atoms with Gasteiger partial charge in [-0.3, -0.25) is 9.78 Å². The van der Waals surface area contributed by atoms with Gasteiger partial charge in [-0.2, -0.15) is 5.26 Å². The minimum Gasteiger partial charge on any atom is -0.369 e. The van der Waals surface area contributed by atoms with E-state index >= 15 is 0 Å². The Bertz CT molecular complexity index is 790. The molecular formula is C19H21N5O. The molecule has 3 rings (SSSR count). The van der Waals surface area contributed by atoms with E-state index in [2.05, 4.69) is 33.1 Å². The number of hydrogen-bond acceptors (Lipinski definition) is 5. The van der Waals surface area contributed by atoms with Crippen LogP contribution in [0.4, 0.5) is 11.4 Å². The SMILES string of the molecule is CCN1CCN(c2ccnc(C(=O)Nc3cccc(C#N)c3)c2)CC1. The number of likely N-dealkylation sites (N-methyl/N-ethyl adjacent to an activating group) is 1. The van der Waals surface area contributed by atoms with Gasteiger partial charge in [0.15, 0.2) is 0 Å². The summed E-state index contributed by atoms with van der Waals surface area (Å²) in [5, 5.41) is 11.7. The van der Waals surface area contributed by atoms with Crippen LogP contribution in [0.3, 0.4) is 0 Å². The highest BCUT2D eigenvalue weighted by Gasteiger charge is 2.17. The number of nitrogens with zero attached hydrogens (tertiary/aromatic N) is 4. The van der Waals surface area contributed by atoms with Gasteiger partial charge < -0.3 is 15.1 Å². The fourth-order valence-corrected chi connectivity index (χ4v) is 2.92. The van der Waals surface area contributed by atoms with Crippen LogP contribution in [0.2, 0.25) is 0 Å². The lowest BCUT2D eigenvalue weighted by molar-refractivity contribution is 0.102. The summed E-state index contributed by atoms with van der Waals surface area (Å²) in [6, 6.07) is 12.7. The van der Waals surface area contributed by atoms with Crippen molar-refractivity contribution in [1.29, 1.82) is 5.26 Å². The molecule has 1 aromatic carbocycles. The molecule has 128 valence electrons. The number of aromatic nitrogens is 1. The topological polar surface area (TPSA) is 72.3 Å². The zero-order valence-electron chi connectivity index (χ0n) is 14.3. The van der Waals surface area contributed by atoms with E-state index in [4.69, 9.17) is 5.26 Å². The van der Waals surface area contributed by atoms with Gasteiger partial charge in [-0.1, -0.05) is 13.0 Å². The highest BCUT2D eigenvalue weighted by molar-refractivity contribution is 6.03. The van der Waals surface area contributed by atoms with E-state index in [-0.39, 0.29) is 5.91 Å². The molecule has 0 bridgehead atoms. The Hall–Kier alpha value is -2.91. The molecule has 1 N–H and O–H groups in total. The molecule has 1 saturated heterocycles. The molecule has 0 unspecified atom stereocenters. The standard InChI is InChI=1S/C19H21N5O/c1-2-23-8-10-24(11-9-23)17-6-7-21-18(13-17)19(25)22-16-5-3-4-15(12-16)14-20/h3-7,12-13H,2,8-11H2,1H3,(H,22,25). The molecule has 1 aromatic heterocycles. The summed E-state index contributed by atoms with van der Waals surface area (Å²) in [6.45, 7) is 7.19. The molecule has 1 aliphatic heterocycles. The summed E-state index contributed by atoms with van der Waals surface area (Å²) in [6.07, 6.45) is 1.67. The minimum absolute atomic E-state index is 0.274. The van der Waals surface area contributed by atoms with E-state index in [0.29, 0.717) is 16.9 Å². The second-order valence-corrected chi connectivity index (χ2v) is 5.97. The van der Waals surface area contributed by atoms with Crippen LogP contribution in [0.1, 0.15) is 23.0 Å². The van der Waals surface area contributed by atoms with Gasteiger partial charge in [-0.15, -0.1) is 0 Å². The van der Waals surface area contributed by atoms with Gasteiger partial charge in [-0.25, -0.2) is 0 Å². The van der Waals surface area contributed by atoms with Crippen molar-refractivity contribution in [2.75, 3.05) is 42.9 Å². The first kappa shape index (κ1) is 16.9. The summed E-state index contributed by atoms with van der Waals surface area (Å²) in [7, 11) is 0. The third kappa shape index (κ3) is 4.14. The molecule has 6 heteroatoms. The Morgan fingerprint density at radius 3 is 2.76 bits per heavy atom. The summed E-state index contributed by atoms with van der Waals surface area (Å²) in [4.78, 5) is 21.3. The van der Waals surface area contributed by atoms with E-state index in [1.165, 1.54) is 0 Å². The predicted octanol–water partition coefficient (Wildman–Crippen LogP) is 2.35. The molecule has 0 radical (unpaired) electrons. The van der Waals surface area contributed by atoms with Crippen molar-refractivity contribution in [3.63, 3.8) is 0 Å². The summed E-state index contributed by atoms with van der Waals surface area (Å²) in [5.74, 6) is -0.274. The lowest BCUT2D eigenvalue weighted by atomic mass is 10.2. The first-order valence-corrected chi connectivity index (χ1v) is 8.44. The molecule has 0 spiro atoms. The first-order chi connectivity index (χ1) is 12.2. The van der Waals surface area contributed by atoms with Crippen molar-refractivity contribution in [2.45, 2.75) is 6.92 Å². The van der Waals surface area contributed by atoms with Crippen molar-refractivity contribution in [3.8, 4) is 6.07 Å².